The van der Waals surface area contributed by atoms with Gasteiger partial charge < -0.3 is 5.32 Å². The number of nitrogens with zero attached hydrogens (tertiary/aromatic N) is 3. The Hall–Kier alpha value is -3.65. The van der Waals surface area contributed by atoms with Crippen molar-refractivity contribution in [2.75, 3.05) is 5.32 Å². The van der Waals surface area contributed by atoms with Crippen LogP contribution in [0.4, 0.5) is 11.4 Å². The number of benzene rings is 2. The number of carbonyl (C=O) groups excluding carboxylic acids is 1. The molecule has 0 unspecified atom stereocenters. The zero-order chi connectivity index (χ0) is 21.3. The molecule has 4 rings (SSSR count). The second-order valence-electron chi connectivity index (χ2n) is 6.59. The fraction of sp³-hybridized carbons (Fsp3) is 0.0455. The van der Waals surface area contributed by atoms with E-state index < -0.39 is 4.92 Å². The van der Waals surface area contributed by atoms with Crippen molar-refractivity contribution < 1.29 is 9.72 Å². The van der Waals surface area contributed by atoms with Crippen LogP contribution in [0.15, 0.2) is 71.3 Å². The monoisotopic (exact) mass is 462 g/mol. The number of nitro groups is 1. The molecule has 0 atom stereocenters. The minimum atomic E-state index is -0.469. The lowest BCUT2D eigenvalue weighted by atomic mass is 10.0. The lowest BCUT2D eigenvalue weighted by molar-refractivity contribution is -0.385. The van der Waals surface area contributed by atoms with Gasteiger partial charge in [-0.05, 0) is 49.4 Å². The van der Waals surface area contributed by atoms with Gasteiger partial charge in [-0.2, -0.15) is 0 Å². The topological polar surface area (TPSA) is 98.0 Å². The Morgan fingerprint density at radius 3 is 2.63 bits per heavy atom. The third-order valence-electron chi connectivity index (χ3n) is 4.69. The smallest absolute Gasteiger partial charge is 0.274 e. The first-order chi connectivity index (χ1) is 14.4. The predicted octanol–water partition coefficient (Wildman–Crippen LogP) is 5.53. The highest BCUT2D eigenvalue weighted by Gasteiger charge is 2.18. The molecule has 0 aliphatic carbocycles. The third kappa shape index (κ3) is 3.77. The van der Waals surface area contributed by atoms with E-state index >= 15 is 0 Å². The predicted molar refractivity (Wildman–Crippen MR) is 118 cm³/mol. The van der Waals surface area contributed by atoms with Crippen molar-refractivity contribution in [1.29, 1.82) is 0 Å². The van der Waals surface area contributed by atoms with E-state index in [1.54, 1.807) is 37.4 Å². The molecular formula is C22H15BrN4O3. The zero-order valence-electron chi connectivity index (χ0n) is 15.8. The maximum atomic E-state index is 13.2. The Labute approximate surface area is 180 Å². The second kappa shape index (κ2) is 8.00. The molecule has 0 saturated heterocycles. The first-order valence-corrected chi connectivity index (χ1v) is 9.80. The first kappa shape index (κ1) is 19.7. The molecule has 0 radical (unpaired) electrons. The molecule has 2 aromatic heterocycles. The highest BCUT2D eigenvalue weighted by Crippen LogP contribution is 2.29. The number of hydrogen-bond donors (Lipinski definition) is 1. The lowest BCUT2D eigenvalue weighted by Gasteiger charge is -2.12. The number of carbonyl (C=O) groups is 1. The minimum Gasteiger partial charge on any atom is -0.321 e. The van der Waals surface area contributed by atoms with Crippen LogP contribution in [-0.2, 0) is 0 Å². The van der Waals surface area contributed by atoms with Gasteiger partial charge in [-0.1, -0.05) is 28.1 Å². The summed E-state index contributed by atoms with van der Waals surface area (Å²) >= 11 is 3.44. The summed E-state index contributed by atoms with van der Waals surface area (Å²) in [5.74, 6) is -0.388. The molecule has 2 aromatic carbocycles. The van der Waals surface area contributed by atoms with E-state index in [9.17, 15) is 14.9 Å². The number of rotatable bonds is 4. The number of aromatic nitrogens is 2. The minimum absolute atomic E-state index is 0.0516. The molecule has 7 nitrogen and oxygen atoms in total. The van der Waals surface area contributed by atoms with Crippen molar-refractivity contribution in [3.05, 3.63) is 92.6 Å². The Bertz CT molecular complexity index is 1290. The van der Waals surface area contributed by atoms with Crippen molar-refractivity contribution in [2.45, 2.75) is 6.92 Å². The summed E-state index contributed by atoms with van der Waals surface area (Å²) in [5, 5.41) is 14.7. The van der Waals surface area contributed by atoms with E-state index in [0.717, 1.165) is 4.47 Å². The molecule has 30 heavy (non-hydrogen) atoms. The van der Waals surface area contributed by atoms with E-state index in [1.165, 1.54) is 6.07 Å². The molecule has 0 spiro atoms. The summed E-state index contributed by atoms with van der Waals surface area (Å²) in [6.45, 7) is 1.61. The van der Waals surface area contributed by atoms with E-state index in [0.29, 0.717) is 39.1 Å². The van der Waals surface area contributed by atoms with Crippen molar-refractivity contribution >= 4 is 44.1 Å². The fourth-order valence-electron chi connectivity index (χ4n) is 3.18. The van der Waals surface area contributed by atoms with Gasteiger partial charge in [-0.15, -0.1) is 0 Å². The molecule has 0 saturated carbocycles. The number of fused-ring (bicyclic) bond motifs is 1. The normalized spacial score (nSPS) is 10.7. The summed E-state index contributed by atoms with van der Waals surface area (Å²) in [6.07, 6.45) is 1.66. The lowest BCUT2D eigenvalue weighted by Crippen LogP contribution is -2.14. The molecule has 8 heteroatoms. The standard InChI is InChI=1S/C22H15BrN4O3/c1-13-17(6-4-7-21(13)27(29)30)26-22(28)16-12-20(19-5-2-3-10-24-19)25-18-9-8-14(23)11-15(16)18/h2-12H,1H3,(H,26,28). The second-order valence-corrected chi connectivity index (χ2v) is 7.51. The van der Waals surface area contributed by atoms with Crippen LogP contribution in [0.3, 0.4) is 0 Å². The number of hydrogen-bond acceptors (Lipinski definition) is 5. The zero-order valence-corrected chi connectivity index (χ0v) is 17.4. The largest absolute Gasteiger partial charge is 0.321 e. The molecule has 0 aliphatic rings. The van der Waals surface area contributed by atoms with Gasteiger partial charge in [0.05, 0.1) is 38.6 Å². The Kier molecular flexibility index (Phi) is 5.24. The van der Waals surface area contributed by atoms with Gasteiger partial charge in [0.25, 0.3) is 11.6 Å². The number of halogens is 1. The van der Waals surface area contributed by atoms with Gasteiger partial charge >= 0.3 is 0 Å². The molecule has 148 valence electrons. The fourth-order valence-corrected chi connectivity index (χ4v) is 3.54. The number of nitrogens with one attached hydrogen (secondary N) is 1. The summed E-state index contributed by atoms with van der Waals surface area (Å²) in [5.41, 5.74) is 2.96. The van der Waals surface area contributed by atoms with Gasteiger partial charge in [0.15, 0.2) is 0 Å². The van der Waals surface area contributed by atoms with Crippen LogP contribution >= 0.6 is 15.9 Å². The molecule has 0 aliphatic heterocycles. The van der Waals surface area contributed by atoms with E-state index in [1.807, 2.05) is 30.3 Å². The Morgan fingerprint density at radius 1 is 1.07 bits per heavy atom. The molecule has 0 bridgehead atoms. The summed E-state index contributed by atoms with van der Waals surface area (Å²) in [7, 11) is 0. The van der Waals surface area contributed by atoms with Crippen molar-refractivity contribution in [3.63, 3.8) is 0 Å². The van der Waals surface area contributed by atoms with Crippen LogP contribution in [0.2, 0.25) is 0 Å². The van der Waals surface area contributed by atoms with Crippen LogP contribution < -0.4 is 5.32 Å². The van der Waals surface area contributed by atoms with E-state index in [-0.39, 0.29) is 11.6 Å². The Balaban J connectivity index is 1.83. The quantitative estimate of drug-likeness (QED) is 0.317. The maximum Gasteiger partial charge on any atom is 0.274 e. The third-order valence-corrected chi connectivity index (χ3v) is 5.19. The summed E-state index contributed by atoms with van der Waals surface area (Å²) in [4.78, 5) is 32.9. The van der Waals surface area contributed by atoms with Gasteiger partial charge in [-0.25, -0.2) is 4.98 Å². The first-order valence-electron chi connectivity index (χ1n) is 9.01. The van der Waals surface area contributed by atoms with Crippen LogP contribution in [0.1, 0.15) is 15.9 Å². The molecule has 2 heterocycles. The average Bonchev–Trinajstić information content (AvgIpc) is 2.74. The van der Waals surface area contributed by atoms with Gasteiger partial charge in [0.1, 0.15) is 0 Å². The van der Waals surface area contributed by atoms with Crippen molar-refractivity contribution in [1.82, 2.24) is 9.97 Å². The van der Waals surface area contributed by atoms with Crippen LogP contribution in [0, 0.1) is 17.0 Å². The molecule has 1 amide bonds. The average molecular weight is 463 g/mol. The number of pyridine rings is 2. The Morgan fingerprint density at radius 2 is 1.90 bits per heavy atom. The van der Waals surface area contributed by atoms with E-state index in [2.05, 4.69) is 31.2 Å². The molecular weight excluding hydrogens is 448 g/mol. The highest BCUT2D eigenvalue weighted by molar-refractivity contribution is 9.10. The SMILES string of the molecule is Cc1c(NC(=O)c2cc(-c3ccccn3)nc3ccc(Br)cc23)cccc1[N+](=O)[O-]. The molecule has 1 N–H and O–H groups in total. The van der Waals surface area contributed by atoms with Crippen LogP contribution in [-0.4, -0.2) is 20.8 Å². The number of nitro benzene ring substituents is 1. The van der Waals surface area contributed by atoms with Gasteiger partial charge in [0.2, 0.25) is 0 Å². The van der Waals surface area contributed by atoms with Crippen molar-refractivity contribution in [3.8, 4) is 11.4 Å². The molecule has 4 aromatic rings. The molecule has 0 fully saturated rings. The van der Waals surface area contributed by atoms with Gasteiger partial charge in [0, 0.05) is 22.1 Å². The van der Waals surface area contributed by atoms with E-state index in [4.69, 9.17) is 0 Å². The summed E-state index contributed by atoms with van der Waals surface area (Å²) < 4.78 is 0.808. The van der Waals surface area contributed by atoms with Crippen molar-refractivity contribution in [2.24, 2.45) is 0 Å². The number of anilines is 1. The highest BCUT2D eigenvalue weighted by atomic mass is 79.9. The van der Waals surface area contributed by atoms with Crippen LogP contribution in [0.25, 0.3) is 22.3 Å². The number of amides is 1. The maximum absolute atomic E-state index is 13.2. The van der Waals surface area contributed by atoms with Crippen LogP contribution in [0.5, 0.6) is 0 Å². The summed E-state index contributed by atoms with van der Waals surface area (Å²) in [6, 6.07) is 17.2. The van der Waals surface area contributed by atoms with Gasteiger partial charge in [-0.3, -0.25) is 19.9 Å².